The molecule has 0 aliphatic rings. The molecule has 2 aromatic rings. The summed E-state index contributed by atoms with van der Waals surface area (Å²) in [6, 6.07) is 14.6. The van der Waals surface area contributed by atoms with Crippen LogP contribution in [0.1, 0.15) is 5.56 Å². The van der Waals surface area contributed by atoms with Crippen LogP contribution in [0.5, 0.6) is 0 Å². The molecule has 66 valence electrons. The molecule has 1 nitrogen and oxygen atoms in total. The normalized spacial score (nSPS) is 10.2. The Labute approximate surface area is 82.5 Å². The van der Waals surface area contributed by atoms with Crippen molar-refractivity contribution in [2.75, 3.05) is 0 Å². The number of rotatable bonds is 3. The van der Waals surface area contributed by atoms with Gasteiger partial charge in [-0.1, -0.05) is 30.3 Å². The van der Waals surface area contributed by atoms with Gasteiger partial charge in [-0.15, -0.1) is 0 Å². The van der Waals surface area contributed by atoms with Crippen molar-refractivity contribution < 1.29 is 0 Å². The minimum absolute atomic E-state index is 1.02. The maximum atomic E-state index is 2.15. The Bertz CT molecular complexity index is 340. The SMILES string of the molecule is c1ccc(CSn2cccc2)cc1. The van der Waals surface area contributed by atoms with Crippen molar-refractivity contribution in [2.24, 2.45) is 0 Å². The van der Waals surface area contributed by atoms with Gasteiger partial charge in [-0.25, -0.2) is 0 Å². The van der Waals surface area contributed by atoms with E-state index in [-0.39, 0.29) is 0 Å². The van der Waals surface area contributed by atoms with Crippen LogP contribution in [-0.2, 0) is 5.75 Å². The first-order chi connectivity index (χ1) is 6.45. The van der Waals surface area contributed by atoms with Crippen molar-refractivity contribution in [2.45, 2.75) is 5.75 Å². The lowest BCUT2D eigenvalue weighted by molar-refractivity contribution is 1.26. The van der Waals surface area contributed by atoms with Gasteiger partial charge in [0.1, 0.15) is 0 Å². The van der Waals surface area contributed by atoms with E-state index in [1.165, 1.54) is 5.56 Å². The second kappa shape index (κ2) is 4.19. The maximum absolute atomic E-state index is 2.15. The highest BCUT2D eigenvalue weighted by Crippen LogP contribution is 2.13. The van der Waals surface area contributed by atoms with Crippen LogP contribution in [0.3, 0.4) is 0 Å². The molecule has 1 heterocycles. The summed E-state index contributed by atoms with van der Waals surface area (Å²) in [5.41, 5.74) is 1.36. The Morgan fingerprint density at radius 1 is 0.923 bits per heavy atom. The van der Waals surface area contributed by atoms with Crippen molar-refractivity contribution in [1.29, 1.82) is 0 Å². The molecular formula is C11H11NS. The molecule has 0 amide bonds. The first-order valence-corrected chi connectivity index (χ1v) is 5.19. The number of aromatic nitrogens is 1. The molecule has 0 aliphatic heterocycles. The van der Waals surface area contributed by atoms with E-state index < -0.39 is 0 Å². The van der Waals surface area contributed by atoms with Gasteiger partial charge in [0.2, 0.25) is 0 Å². The van der Waals surface area contributed by atoms with E-state index in [0.717, 1.165) is 5.75 Å². The van der Waals surface area contributed by atoms with E-state index in [1.54, 1.807) is 11.9 Å². The van der Waals surface area contributed by atoms with Crippen molar-refractivity contribution in [1.82, 2.24) is 3.97 Å². The van der Waals surface area contributed by atoms with Crippen LogP contribution in [0.2, 0.25) is 0 Å². The Kier molecular flexibility index (Phi) is 2.72. The average molecular weight is 189 g/mol. The summed E-state index contributed by atoms with van der Waals surface area (Å²) in [7, 11) is 0. The van der Waals surface area contributed by atoms with Gasteiger partial charge in [-0.05, 0) is 29.6 Å². The monoisotopic (exact) mass is 189 g/mol. The molecule has 2 rings (SSSR count). The molecule has 2 heteroatoms. The number of hydrogen-bond acceptors (Lipinski definition) is 1. The molecule has 1 aromatic heterocycles. The molecule has 13 heavy (non-hydrogen) atoms. The number of hydrogen-bond donors (Lipinski definition) is 0. The van der Waals surface area contributed by atoms with Crippen molar-refractivity contribution >= 4 is 11.9 Å². The summed E-state index contributed by atoms with van der Waals surface area (Å²) in [4.78, 5) is 0. The molecule has 0 saturated heterocycles. The van der Waals surface area contributed by atoms with Crippen LogP contribution in [0.25, 0.3) is 0 Å². The van der Waals surface area contributed by atoms with Crippen LogP contribution < -0.4 is 0 Å². The second-order valence-electron chi connectivity index (χ2n) is 2.80. The topological polar surface area (TPSA) is 4.93 Å². The lowest BCUT2D eigenvalue weighted by Crippen LogP contribution is -1.84. The standard InChI is InChI=1S/C11H11NS/c1-2-6-11(7-3-1)10-13-12-8-4-5-9-12/h1-9H,10H2. The lowest BCUT2D eigenvalue weighted by atomic mass is 10.2. The third-order valence-corrected chi connectivity index (χ3v) is 2.80. The Hall–Kier alpha value is -1.15. The molecule has 0 spiro atoms. The minimum Gasteiger partial charge on any atom is -0.299 e. The molecule has 0 radical (unpaired) electrons. The highest BCUT2D eigenvalue weighted by Gasteiger charge is 1.92. The van der Waals surface area contributed by atoms with Gasteiger partial charge in [-0.3, -0.25) is 3.97 Å². The van der Waals surface area contributed by atoms with Gasteiger partial charge >= 0.3 is 0 Å². The fourth-order valence-corrected chi connectivity index (χ4v) is 1.93. The predicted molar refractivity (Wildman–Crippen MR) is 57.6 cm³/mol. The van der Waals surface area contributed by atoms with E-state index >= 15 is 0 Å². The first kappa shape index (κ1) is 8.45. The molecule has 0 fully saturated rings. The third kappa shape index (κ3) is 2.39. The molecule has 1 aromatic carbocycles. The Balaban J connectivity index is 1.94. The molecule has 0 unspecified atom stereocenters. The van der Waals surface area contributed by atoms with Crippen LogP contribution in [0.4, 0.5) is 0 Å². The smallest absolute Gasteiger partial charge is 0.0388 e. The van der Waals surface area contributed by atoms with Gasteiger partial charge in [0.25, 0.3) is 0 Å². The van der Waals surface area contributed by atoms with Crippen LogP contribution in [-0.4, -0.2) is 3.97 Å². The Morgan fingerprint density at radius 3 is 2.31 bits per heavy atom. The van der Waals surface area contributed by atoms with Gasteiger partial charge < -0.3 is 0 Å². The summed E-state index contributed by atoms with van der Waals surface area (Å²) in [5.74, 6) is 1.02. The molecule has 0 aliphatic carbocycles. The minimum atomic E-state index is 1.02. The molecule has 0 atom stereocenters. The van der Waals surface area contributed by atoms with Crippen molar-refractivity contribution in [3.63, 3.8) is 0 Å². The fraction of sp³-hybridized carbons (Fsp3) is 0.0909. The number of nitrogens with zero attached hydrogens (tertiary/aromatic N) is 1. The molecule has 0 bridgehead atoms. The summed E-state index contributed by atoms with van der Waals surface area (Å²) >= 11 is 1.80. The summed E-state index contributed by atoms with van der Waals surface area (Å²) in [6.45, 7) is 0. The van der Waals surface area contributed by atoms with Gasteiger partial charge in [0, 0.05) is 18.1 Å². The van der Waals surface area contributed by atoms with Crippen molar-refractivity contribution in [3.8, 4) is 0 Å². The highest BCUT2D eigenvalue weighted by molar-refractivity contribution is 7.97. The van der Waals surface area contributed by atoms with Gasteiger partial charge in [0.05, 0.1) is 0 Å². The van der Waals surface area contributed by atoms with Gasteiger partial charge in [0.15, 0.2) is 0 Å². The van der Waals surface area contributed by atoms with Crippen LogP contribution >= 0.6 is 11.9 Å². The Morgan fingerprint density at radius 2 is 1.62 bits per heavy atom. The molecule has 0 saturated carbocycles. The second-order valence-corrected chi connectivity index (χ2v) is 3.77. The van der Waals surface area contributed by atoms with Crippen LogP contribution in [0, 0.1) is 0 Å². The zero-order chi connectivity index (χ0) is 8.93. The molecular weight excluding hydrogens is 178 g/mol. The zero-order valence-electron chi connectivity index (χ0n) is 7.26. The predicted octanol–water partition coefficient (Wildman–Crippen LogP) is 3.18. The van der Waals surface area contributed by atoms with E-state index in [4.69, 9.17) is 0 Å². The van der Waals surface area contributed by atoms with Crippen molar-refractivity contribution in [3.05, 3.63) is 60.4 Å². The van der Waals surface area contributed by atoms with E-state index in [1.807, 2.05) is 18.2 Å². The maximum Gasteiger partial charge on any atom is 0.0388 e. The lowest BCUT2D eigenvalue weighted by Gasteiger charge is -2.01. The van der Waals surface area contributed by atoms with Gasteiger partial charge in [-0.2, -0.15) is 0 Å². The zero-order valence-corrected chi connectivity index (χ0v) is 8.08. The average Bonchev–Trinajstić information content (AvgIpc) is 2.69. The summed E-state index contributed by atoms with van der Waals surface area (Å²) in [5, 5.41) is 0. The van der Waals surface area contributed by atoms with Crippen LogP contribution in [0.15, 0.2) is 54.9 Å². The van der Waals surface area contributed by atoms with E-state index in [0.29, 0.717) is 0 Å². The third-order valence-electron chi connectivity index (χ3n) is 1.80. The largest absolute Gasteiger partial charge is 0.299 e. The number of benzene rings is 1. The molecule has 0 N–H and O–H groups in total. The summed E-state index contributed by atoms with van der Waals surface area (Å²) < 4.78 is 2.12. The first-order valence-electron chi connectivity index (χ1n) is 4.25. The fourth-order valence-electron chi connectivity index (χ4n) is 1.13. The van der Waals surface area contributed by atoms with E-state index in [9.17, 15) is 0 Å². The highest BCUT2D eigenvalue weighted by atomic mass is 32.2. The quantitative estimate of drug-likeness (QED) is 0.718. The summed E-state index contributed by atoms with van der Waals surface area (Å²) in [6.07, 6.45) is 4.13. The van der Waals surface area contributed by atoms with E-state index in [2.05, 4.69) is 40.6 Å².